The average molecular weight is 73.1 g/mol. The van der Waals surface area contributed by atoms with Gasteiger partial charge in [-0.05, 0) is 6.92 Å². The van der Waals surface area contributed by atoms with Gasteiger partial charge in [-0.3, -0.25) is 0 Å². The largest absolute Gasteiger partial charge is 0.502 e. The highest BCUT2D eigenvalue weighted by Crippen LogP contribution is 1.65. The van der Waals surface area contributed by atoms with E-state index in [1.807, 2.05) is 6.92 Å². The number of ether oxygens (including phenoxy) is 1. The van der Waals surface area contributed by atoms with Crippen LogP contribution in [0.25, 0.3) is 0 Å². The molecule has 0 saturated carbocycles. The van der Waals surface area contributed by atoms with Crippen molar-refractivity contribution in [2.75, 3.05) is 6.61 Å². The van der Waals surface area contributed by atoms with E-state index in [0.717, 1.165) is 0 Å². The molecular weight excluding hydrogens is 64.0 g/mol. The van der Waals surface area contributed by atoms with E-state index in [1.54, 1.807) is 0 Å². The van der Waals surface area contributed by atoms with Gasteiger partial charge in [0.1, 0.15) is 1.37 Å². The predicted octanol–water partition coefficient (Wildman–Crippen LogP) is 1.17. The number of hydrogen-bond donors (Lipinski definition) is 0. The molecule has 0 aromatic heterocycles. The molecule has 0 fully saturated rings. The molecular formula is C4H8O. The average Bonchev–Trinajstić information content (AvgIpc) is 1.35. The van der Waals surface area contributed by atoms with Crippen LogP contribution in [0.3, 0.4) is 0 Å². The van der Waals surface area contributed by atoms with Crippen LogP contribution in [-0.4, -0.2) is 6.61 Å². The van der Waals surface area contributed by atoms with Crippen molar-refractivity contribution in [1.29, 1.82) is 0 Å². The SMILES string of the molecule is [2H]C(=C)OCC. The molecule has 30 valence electrons. The van der Waals surface area contributed by atoms with E-state index < -0.39 is 0 Å². The van der Waals surface area contributed by atoms with Crippen LogP contribution in [0.2, 0.25) is 0 Å². The standard InChI is InChI=1S/C4H8O/c1-3-5-4-2/h3H,1,4H2,2H3/i3D. The Bertz CT molecular complexity index is 51.5. The van der Waals surface area contributed by atoms with Crippen molar-refractivity contribution in [1.82, 2.24) is 0 Å². The van der Waals surface area contributed by atoms with E-state index in [0.29, 0.717) is 6.61 Å². The maximum absolute atomic E-state index is 6.56. The number of hydrogen-bond acceptors (Lipinski definition) is 1. The lowest BCUT2D eigenvalue weighted by molar-refractivity contribution is 0.270. The van der Waals surface area contributed by atoms with Crippen LogP contribution in [0.4, 0.5) is 0 Å². The van der Waals surface area contributed by atoms with E-state index in [4.69, 9.17) is 1.37 Å². The normalized spacial score (nSPS) is 9.40. The summed E-state index contributed by atoms with van der Waals surface area (Å²) in [5, 5.41) is 0. The van der Waals surface area contributed by atoms with Gasteiger partial charge in [-0.2, -0.15) is 0 Å². The Labute approximate surface area is 33.7 Å². The van der Waals surface area contributed by atoms with Crippen molar-refractivity contribution in [3.05, 3.63) is 12.8 Å². The van der Waals surface area contributed by atoms with Gasteiger partial charge in [0.2, 0.25) is 0 Å². The van der Waals surface area contributed by atoms with Gasteiger partial charge in [0, 0.05) is 0 Å². The molecule has 0 spiro atoms. The second kappa shape index (κ2) is 3.54. The Kier molecular flexibility index (Phi) is 1.95. The van der Waals surface area contributed by atoms with E-state index in [1.165, 1.54) is 0 Å². The van der Waals surface area contributed by atoms with Crippen molar-refractivity contribution < 1.29 is 6.11 Å². The summed E-state index contributed by atoms with van der Waals surface area (Å²) < 4.78 is 11.1. The van der Waals surface area contributed by atoms with Gasteiger partial charge in [0.25, 0.3) is 0 Å². The molecule has 0 radical (unpaired) electrons. The Morgan fingerprint density at radius 3 is 3.00 bits per heavy atom. The summed E-state index contributed by atoms with van der Waals surface area (Å²) in [5.41, 5.74) is 0. The minimum absolute atomic E-state index is 0.0394. The van der Waals surface area contributed by atoms with Gasteiger partial charge in [-0.1, -0.05) is 6.58 Å². The third kappa shape index (κ3) is 3.54. The third-order valence-corrected chi connectivity index (χ3v) is 0.246. The monoisotopic (exact) mass is 73.1 g/mol. The highest BCUT2D eigenvalue weighted by Gasteiger charge is 1.55. The smallest absolute Gasteiger partial charge is 0.103 e. The minimum Gasteiger partial charge on any atom is -0.502 e. The summed E-state index contributed by atoms with van der Waals surface area (Å²) in [7, 11) is 0. The fraction of sp³-hybridized carbons (Fsp3) is 0.500. The summed E-state index contributed by atoms with van der Waals surface area (Å²) in [5.74, 6) is 0. The van der Waals surface area contributed by atoms with Crippen LogP contribution < -0.4 is 0 Å². The van der Waals surface area contributed by atoms with Crippen LogP contribution in [0.15, 0.2) is 12.8 Å². The molecule has 0 aromatic rings. The van der Waals surface area contributed by atoms with Crippen molar-refractivity contribution >= 4 is 0 Å². The molecule has 0 rings (SSSR count). The molecule has 0 aliphatic heterocycles. The number of rotatable bonds is 2. The van der Waals surface area contributed by atoms with Gasteiger partial charge < -0.3 is 4.74 Å². The van der Waals surface area contributed by atoms with Crippen LogP contribution >= 0.6 is 0 Å². The zero-order valence-corrected chi connectivity index (χ0v) is 3.32. The molecule has 1 nitrogen and oxygen atoms in total. The second-order valence-electron chi connectivity index (χ2n) is 0.577. The summed E-state index contributed by atoms with van der Waals surface area (Å²) in [6.07, 6.45) is 0.0394. The van der Waals surface area contributed by atoms with Crippen molar-refractivity contribution in [2.45, 2.75) is 6.92 Å². The van der Waals surface area contributed by atoms with Gasteiger partial charge in [0.15, 0.2) is 0 Å². The first-order valence-electron chi connectivity index (χ1n) is 2.05. The predicted molar refractivity (Wildman–Crippen MR) is 21.8 cm³/mol. The van der Waals surface area contributed by atoms with Crippen molar-refractivity contribution in [3.8, 4) is 0 Å². The molecule has 1 heteroatoms. The zero-order valence-electron chi connectivity index (χ0n) is 4.32. The fourth-order valence-electron chi connectivity index (χ4n) is 0.102. The zero-order chi connectivity index (χ0) is 4.99. The summed E-state index contributed by atoms with van der Waals surface area (Å²) >= 11 is 0. The third-order valence-electron chi connectivity index (χ3n) is 0.246. The Hall–Kier alpha value is -0.460. The summed E-state index contributed by atoms with van der Waals surface area (Å²) in [6, 6.07) is 0. The molecule has 5 heavy (non-hydrogen) atoms. The molecule has 0 heterocycles. The Morgan fingerprint density at radius 2 is 3.00 bits per heavy atom. The fourth-order valence-corrected chi connectivity index (χ4v) is 0.102. The Morgan fingerprint density at radius 1 is 2.40 bits per heavy atom. The summed E-state index contributed by atoms with van der Waals surface area (Å²) in [6.45, 7) is 5.55. The molecule has 0 amide bonds. The van der Waals surface area contributed by atoms with Crippen LogP contribution in [0.5, 0.6) is 0 Å². The lowest BCUT2D eigenvalue weighted by Crippen LogP contribution is -1.72. The molecule has 0 saturated heterocycles. The first kappa shape index (κ1) is 2.76. The van der Waals surface area contributed by atoms with Gasteiger partial charge in [-0.15, -0.1) is 0 Å². The second-order valence-corrected chi connectivity index (χ2v) is 0.577. The van der Waals surface area contributed by atoms with Crippen LogP contribution in [0.1, 0.15) is 8.29 Å². The Balaban J connectivity index is 2.83. The summed E-state index contributed by atoms with van der Waals surface area (Å²) in [4.78, 5) is 0. The minimum atomic E-state index is 0.0394. The maximum Gasteiger partial charge on any atom is 0.103 e. The highest BCUT2D eigenvalue weighted by atomic mass is 16.5. The quantitative estimate of drug-likeness (QED) is 0.446. The maximum atomic E-state index is 6.56. The van der Waals surface area contributed by atoms with Gasteiger partial charge in [-0.25, -0.2) is 0 Å². The molecule has 0 bridgehead atoms. The van der Waals surface area contributed by atoms with Crippen molar-refractivity contribution in [3.63, 3.8) is 0 Å². The van der Waals surface area contributed by atoms with Gasteiger partial charge >= 0.3 is 0 Å². The van der Waals surface area contributed by atoms with Crippen LogP contribution in [-0.2, 0) is 4.74 Å². The lowest BCUT2D eigenvalue weighted by atomic mass is 10.9. The molecule has 0 atom stereocenters. The van der Waals surface area contributed by atoms with E-state index in [9.17, 15) is 0 Å². The highest BCUT2D eigenvalue weighted by molar-refractivity contribution is 4.45. The molecule has 0 unspecified atom stereocenters. The molecule has 0 aromatic carbocycles. The molecule has 0 aliphatic carbocycles. The van der Waals surface area contributed by atoms with E-state index >= 15 is 0 Å². The molecule has 0 aliphatic rings. The molecule has 0 N–H and O–H groups in total. The topological polar surface area (TPSA) is 9.23 Å². The first-order chi connectivity index (χ1) is 2.77. The lowest BCUT2D eigenvalue weighted by Gasteiger charge is -1.84. The first-order valence-corrected chi connectivity index (χ1v) is 1.55. The van der Waals surface area contributed by atoms with Gasteiger partial charge in [0.05, 0.1) is 12.8 Å². The van der Waals surface area contributed by atoms with Crippen LogP contribution in [0, 0.1) is 0 Å². The van der Waals surface area contributed by atoms with Crippen molar-refractivity contribution in [2.24, 2.45) is 0 Å². The van der Waals surface area contributed by atoms with E-state index in [2.05, 4.69) is 11.3 Å². The van der Waals surface area contributed by atoms with E-state index in [-0.39, 0.29) is 6.24 Å².